The normalized spacial score (nSPS) is 14.1. The number of hydrogen-bond acceptors (Lipinski definition) is 2. The standard InChI is InChI=1S/C12H11F5O2S/c1-8-2-4-10(5-3-8)20(19)7-9(18)6-11(13,14)12(15,16)17/h2-5H,6-7H2,1H3/t20-/m1/s1. The molecule has 1 rings (SSSR count). The number of halogens is 5. The van der Waals surface area contributed by atoms with E-state index in [1.165, 1.54) is 12.1 Å². The fraction of sp³-hybridized carbons (Fsp3) is 0.417. The second kappa shape index (κ2) is 5.99. The number of benzene rings is 1. The zero-order valence-electron chi connectivity index (χ0n) is 10.3. The molecule has 0 radical (unpaired) electrons. The quantitative estimate of drug-likeness (QED) is 0.782. The second-order valence-electron chi connectivity index (χ2n) is 4.22. The molecular weight excluding hydrogens is 303 g/mol. The highest BCUT2D eigenvalue weighted by atomic mass is 32.2. The Morgan fingerprint density at radius 1 is 1.10 bits per heavy atom. The van der Waals surface area contributed by atoms with Gasteiger partial charge in [-0.2, -0.15) is 22.0 Å². The number of rotatable bonds is 5. The van der Waals surface area contributed by atoms with Gasteiger partial charge in [0.2, 0.25) is 0 Å². The van der Waals surface area contributed by atoms with Gasteiger partial charge in [-0.25, -0.2) is 0 Å². The smallest absolute Gasteiger partial charge is 0.298 e. The fourth-order valence-electron chi connectivity index (χ4n) is 1.32. The molecule has 0 heterocycles. The Balaban J connectivity index is 2.68. The van der Waals surface area contributed by atoms with E-state index in [1.807, 2.05) is 0 Å². The number of ketones is 1. The van der Waals surface area contributed by atoms with E-state index < -0.39 is 40.9 Å². The Labute approximate surface area is 114 Å². The van der Waals surface area contributed by atoms with E-state index in [0.717, 1.165) is 5.56 Å². The number of aryl methyl sites for hydroxylation is 1. The van der Waals surface area contributed by atoms with Crippen LogP contribution in [0.3, 0.4) is 0 Å². The third-order valence-electron chi connectivity index (χ3n) is 2.41. The maximum atomic E-state index is 12.6. The van der Waals surface area contributed by atoms with Crippen molar-refractivity contribution in [3.63, 3.8) is 0 Å². The molecule has 0 aromatic heterocycles. The van der Waals surface area contributed by atoms with Crippen LogP contribution < -0.4 is 0 Å². The molecule has 0 saturated heterocycles. The summed E-state index contributed by atoms with van der Waals surface area (Å²) in [6.45, 7) is 1.77. The molecule has 0 aliphatic carbocycles. The first-order valence-corrected chi connectivity index (χ1v) is 6.76. The van der Waals surface area contributed by atoms with Crippen LogP contribution in [-0.4, -0.2) is 27.8 Å². The molecule has 0 N–H and O–H groups in total. The van der Waals surface area contributed by atoms with E-state index in [4.69, 9.17) is 0 Å². The molecule has 1 aromatic rings. The zero-order valence-corrected chi connectivity index (χ0v) is 11.2. The number of carbonyl (C=O) groups excluding carboxylic acids is 1. The van der Waals surface area contributed by atoms with E-state index in [0.29, 0.717) is 0 Å². The lowest BCUT2D eigenvalue weighted by molar-refractivity contribution is -0.281. The van der Waals surface area contributed by atoms with Gasteiger partial charge in [-0.3, -0.25) is 9.00 Å². The summed E-state index contributed by atoms with van der Waals surface area (Å²) < 4.78 is 72.7. The van der Waals surface area contributed by atoms with Gasteiger partial charge in [0.15, 0.2) is 5.78 Å². The largest absolute Gasteiger partial charge is 0.453 e. The summed E-state index contributed by atoms with van der Waals surface area (Å²) in [7, 11) is -1.93. The number of Topliss-reactive ketones (excluding diaryl/α,β-unsaturated/α-hetero) is 1. The molecule has 0 unspecified atom stereocenters. The zero-order chi connectivity index (χ0) is 15.6. The maximum Gasteiger partial charge on any atom is 0.453 e. The molecule has 20 heavy (non-hydrogen) atoms. The Hall–Kier alpha value is -1.31. The molecule has 0 bridgehead atoms. The molecule has 0 spiro atoms. The second-order valence-corrected chi connectivity index (χ2v) is 5.67. The summed E-state index contributed by atoms with van der Waals surface area (Å²) in [6, 6.07) is 6.06. The lowest BCUT2D eigenvalue weighted by atomic mass is 10.2. The minimum absolute atomic E-state index is 0.208. The predicted molar refractivity (Wildman–Crippen MR) is 63.1 cm³/mol. The summed E-state index contributed by atoms with van der Waals surface area (Å²) in [5.74, 6) is -7.36. The van der Waals surface area contributed by atoms with Gasteiger partial charge in [-0.1, -0.05) is 17.7 Å². The highest BCUT2D eigenvalue weighted by Gasteiger charge is 2.58. The molecule has 8 heteroatoms. The molecule has 0 amide bonds. The van der Waals surface area contributed by atoms with Crippen LogP contribution in [0.4, 0.5) is 22.0 Å². The maximum absolute atomic E-state index is 12.6. The van der Waals surface area contributed by atoms with Crippen molar-refractivity contribution in [2.24, 2.45) is 0 Å². The van der Waals surface area contributed by atoms with Gasteiger partial charge in [-0.05, 0) is 19.1 Å². The SMILES string of the molecule is Cc1ccc([S@](=O)CC(=O)CC(F)(F)C(F)(F)F)cc1. The monoisotopic (exact) mass is 314 g/mol. The van der Waals surface area contributed by atoms with Crippen LogP contribution in [0.1, 0.15) is 12.0 Å². The number of alkyl halides is 5. The van der Waals surface area contributed by atoms with E-state index in [2.05, 4.69) is 0 Å². The predicted octanol–water partition coefficient (Wildman–Crippen LogP) is 3.26. The summed E-state index contributed by atoms with van der Waals surface area (Å²) >= 11 is 0. The lowest BCUT2D eigenvalue weighted by Gasteiger charge is -2.18. The van der Waals surface area contributed by atoms with Gasteiger partial charge in [0.1, 0.15) is 0 Å². The third kappa shape index (κ3) is 4.36. The van der Waals surface area contributed by atoms with Crippen molar-refractivity contribution in [3.8, 4) is 0 Å². The minimum atomic E-state index is -5.78. The van der Waals surface area contributed by atoms with Crippen molar-refractivity contribution in [1.82, 2.24) is 0 Å². The first kappa shape index (κ1) is 16.7. The molecule has 0 aliphatic rings. The van der Waals surface area contributed by atoms with Gasteiger partial charge < -0.3 is 0 Å². The van der Waals surface area contributed by atoms with Crippen LogP contribution in [0.25, 0.3) is 0 Å². The van der Waals surface area contributed by atoms with Crippen molar-refractivity contribution >= 4 is 16.6 Å². The van der Waals surface area contributed by atoms with Crippen molar-refractivity contribution < 1.29 is 31.0 Å². The fourth-order valence-corrected chi connectivity index (χ4v) is 2.32. The van der Waals surface area contributed by atoms with Crippen molar-refractivity contribution in [2.75, 3.05) is 5.75 Å². The van der Waals surface area contributed by atoms with Crippen molar-refractivity contribution in [2.45, 2.75) is 30.3 Å². The molecule has 0 saturated carbocycles. The molecule has 112 valence electrons. The highest BCUT2D eigenvalue weighted by Crippen LogP contribution is 2.38. The van der Waals surface area contributed by atoms with Gasteiger partial charge in [0.05, 0.1) is 23.0 Å². The average molecular weight is 314 g/mol. The van der Waals surface area contributed by atoms with Crippen molar-refractivity contribution in [1.29, 1.82) is 0 Å². The topological polar surface area (TPSA) is 34.1 Å². The highest BCUT2D eigenvalue weighted by molar-refractivity contribution is 7.85. The molecule has 0 fully saturated rings. The first-order chi connectivity index (χ1) is 9.03. The summed E-state index contributed by atoms with van der Waals surface area (Å²) in [5.41, 5.74) is 0.862. The van der Waals surface area contributed by atoms with Crippen molar-refractivity contribution in [3.05, 3.63) is 29.8 Å². The molecule has 1 atom stereocenters. The lowest BCUT2D eigenvalue weighted by Crippen LogP contribution is -2.39. The van der Waals surface area contributed by atoms with Crippen LogP contribution in [0.2, 0.25) is 0 Å². The van der Waals surface area contributed by atoms with Crippen LogP contribution in [0.5, 0.6) is 0 Å². The Kier molecular flexibility index (Phi) is 5.01. The van der Waals surface area contributed by atoms with Crippen LogP contribution >= 0.6 is 0 Å². The third-order valence-corrected chi connectivity index (χ3v) is 3.79. The van der Waals surface area contributed by atoms with Crippen LogP contribution in [0, 0.1) is 6.92 Å². The minimum Gasteiger partial charge on any atom is -0.298 e. The first-order valence-electron chi connectivity index (χ1n) is 5.44. The Morgan fingerprint density at radius 2 is 1.60 bits per heavy atom. The molecule has 1 aromatic carbocycles. The van der Waals surface area contributed by atoms with E-state index in [1.54, 1.807) is 19.1 Å². The van der Waals surface area contributed by atoms with Gasteiger partial charge in [-0.15, -0.1) is 0 Å². The van der Waals surface area contributed by atoms with Gasteiger partial charge in [0.25, 0.3) is 0 Å². The Bertz CT molecular complexity index is 508. The van der Waals surface area contributed by atoms with Crippen LogP contribution in [-0.2, 0) is 15.6 Å². The average Bonchev–Trinajstić information content (AvgIpc) is 2.27. The summed E-state index contributed by atoms with van der Waals surface area (Å²) in [6.07, 6.45) is -7.78. The van der Waals surface area contributed by atoms with Gasteiger partial charge in [0, 0.05) is 4.90 Å². The van der Waals surface area contributed by atoms with E-state index >= 15 is 0 Å². The Morgan fingerprint density at radius 3 is 2.05 bits per heavy atom. The van der Waals surface area contributed by atoms with Crippen LogP contribution in [0.15, 0.2) is 29.2 Å². The molecule has 0 aliphatic heterocycles. The summed E-state index contributed by atoms with van der Waals surface area (Å²) in [5, 5.41) is 0. The molecule has 2 nitrogen and oxygen atoms in total. The number of carbonyl (C=O) groups is 1. The van der Waals surface area contributed by atoms with E-state index in [-0.39, 0.29) is 4.90 Å². The molecular formula is C12H11F5O2S. The summed E-state index contributed by atoms with van der Waals surface area (Å²) in [4.78, 5) is 11.4. The number of hydrogen-bond donors (Lipinski definition) is 0. The van der Waals surface area contributed by atoms with Gasteiger partial charge >= 0.3 is 12.1 Å². The van der Waals surface area contributed by atoms with E-state index in [9.17, 15) is 31.0 Å².